The summed E-state index contributed by atoms with van der Waals surface area (Å²) in [4.78, 5) is 2.48. The first-order chi connectivity index (χ1) is 8.47. The van der Waals surface area contributed by atoms with E-state index < -0.39 is 0 Å². The van der Waals surface area contributed by atoms with Crippen molar-refractivity contribution in [3.05, 3.63) is 0 Å². The van der Waals surface area contributed by atoms with Crippen LogP contribution in [0.5, 0.6) is 0 Å². The molecule has 0 amide bonds. The summed E-state index contributed by atoms with van der Waals surface area (Å²) in [5.41, 5.74) is -0.377. The predicted octanol–water partition coefficient (Wildman–Crippen LogP) is 3.17. The van der Waals surface area contributed by atoms with Crippen molar-refractivity contribution < 1.29 is 0 Å². The average Bonchev–Trinajstić information content (AvgIpc) is 2.32. The third kappa shape index (κ3) is 7.68. The molecule has 0 saturated carbocycles. The van der Waals surface area contributed by atoms with Gasteiger partial charge in [-0.1, -0.05) is 20.3 Å². The van der Waals surface area contributed by atoms with Crippen LogP contribution in [0.3, 0.4) is 0 Å². The maximum Gasteiger partial charge on any atom is 0.104 e. The topological polar surface area (TPSA) is 39.1 Å². The fraction of sp³-hybridized carbons (Fsp3) is 0.933. The molecule has 0 aromatic rings. The molecule has 0 aromatic carbocycles. The zero-order chi connectivity index (χ0) is 14.0. The fourth-order valence-corrected chi connectivity index (χ4v) is 2.26. The molecule has 0 spiro atoms. The van der Waals surface area contributed by atoms with Crippen molar-refractivity contribution in [2.75, 3.05) is 19.6 Å². The lowest BCUT2D eigenvalue weighted by Crippen LogP contribution is -2.45. The Morgan fingerprint density at radius 3 is 2.28 bits per heavy atom. The minimum absolute atomic E-state index is 0.358. The van der Waals surface area contributed by atoms with Crippen LogP contribution in [0.15, 0.2) is 0 Å². The van der Waals surface area contributed by atoms with Crippen LogP contribution in [0, 0.1) is 11.3 Å². The molecule has 1 unspecified atom stereocenters. The highest BCUT2D eigenvalue weighted by Crippen LogP contribution is 2.13. The molecule has 0 heterocycles. The quantitative estimate of drug-likeness (QED) is 0.650. The summed E-state index contributed by atoms with van der Waals surface area (Å²) >= 11 is 0. The van der Waals surface area contributed by atoms with E-state index in [1.165, 1.54) is 19.4 Å². The lowest BCUT2D eigenvalue weighted by atomic mass is 9.96. The summed E-state index contributed by atoms with van der Waals surface area (Å²) in [7, 11) is 0. The van der Waals surface area contributed by atoms with Gasteiger partial charge in [0.1, 0.15) is 5.54 Å². The number of nitrogens with one attached hydrogen (secondary N) is 1. The zero-order valence-corrected chi connectivity index (χ0v) is 12.9. The van der Waals surface area contributed by atoms with Crippen molar-refractivity contribution in [1.29, 1.82) is 5.26 Å². The molecule has 3 heteroatoms. The van der Waals surface area contributed by atoms with Crippen molar-refractivity contribution >= 4 is 0 Å². The van der Waals surface area contributed by atoms with Gasteiger partial charge in [0, 0.05) is 6.04 Å². The SMILES string of the molecule is CCCCN(CC)CCCC(C)(C#N)NC(C)C. The largest absolute Gasteiger partial charge is 0.304 e. The monoisotopic (exact) mass is 253 g/mol. The first kappa shape index (κ1) is 17.4. The Bertz CT molecular complexity index is 245. The second-order valence-electron chi connectivity index (χ2n) is 5.63. The third-order valence-electron chi connectivity index (χ3n) is 3.28. The molecular weight excluding hydrogens is 222 g/mol. The second-order valence-corrected chi connectivity index (χ2v) is 5.63. The smallest absolute Gasteiger partial charge is 0.104 e. The third-order valence-corrected chi connectivity index (χ3v) is 3.28. The van der Waals surface area contributed by atoms with Gasteiger partial charge in [-0.2, -0.15) is 5.26 Å². The van der Waals surface area contributed by atoms with E-state index in [9.17, 15) is 5.26 Å². The minimum Gasteiger partial charge on any atom is -0.304 e. The van der Waals surface area contributed by atoms with Crippen molar-refractivity contribution in [3.63, 3.8) is 0 Å². The van der Waals surface area contributed by atoms with Crippen LogP contribution in [0.2, 0.25) is 0 Å². The summed E-state index contributed by atoms with van der Waals surface area (Å²) in [6, 6.07) is 2.77. The van der Waals surface area contributed by atoms with Crippen molar-refractivity contribution in [2.45, 2.75) is 71.9 Å². The molecule has 18 heavy (non-hydrogen) atoms. The summed E-state index contributed by atoms with van der Waals surface area (Å²) in [6.45, 7) is 14.0. The Hall–Kier alpha value is -0.590. The summed E-state index contributed by atoms with van der Waals surface area (Å²) in [5, 5.41) is 12.6. The number of unbranched alkanes of at least 4 members (excludes halogenated alkanes) is 1. The standard InChI is InChI=1S/C15H31N3/c1-6-8-11-18(7-2)12-9-10-15(5,13-16)17-14(3)4/h14,17H,6-12H2,1-5H3. The van der Waals surface area contributed by atoms with Crippen LogP contribution >= 0.6 is 0 Å². The summed E-state index contributed by atoms with van der Waals surface area (Å²) < 4.78 is 0. The Labute approximate surface area is 114 Å². The molecule has 0 fully saturated rings. The van der Waals surface area contributed by atoms with Gasteiger partial charge in [-0.3, -0.25) is 5.32 Å². The van der Waals surface area contributed by atoms with Gasteiger partial charge < -0.3 is 4.90 Å². The highest BCUT2D eigenvalue weighted by atomic mass is 15.1. The Morgan fingerprint density at radius 1 is 1.22 bits per heavy atom. The number of nitrogens with zero attached hydrogens (tertiary/aromatic N) is 2. The minimum atomic E-state index is -0.377. The van der Waals surface area contributed by atoms with Gasteiger partial charge in [0.2, 0.25) is 0 Å². The molecule has 0 rings (SSSR count). The van der Waals surface area contributed by atoms with E-state index in [-0.39, 0.29) is 5.54 Å². The second kappa shape index (κ2) is 9.35. The molecule has 0 saturated heterocycles. The van der Waals surface area contributed by atoms with E-state index in [4.69, 9.17) is 0 Å². The van der Waals surface area contributed by atoms with E-state index in [2.05, 4.69) is 44.0 Å². The molecule has 0 aliphatic carbocycles. The first-order valence-corrected chi connectivity index (χ1v) is 7.38. The highest BCUT2D eigenvalue weighted by Gasteiger charge is 2.23. The highest BCUT2D eigenvalue weighted by molar-refractivity contribution is 5.04. The molecular formula is C15H31N3. The van der Waals surface area contributed by atoms with Gasteiger partial charge in [0.15, 0.2) is 0 Å². The first-order valence-electron chi connectivity index (χ1n) is 7.38. The van der Waals surface area contributed by atoms with Crippen LogP contribution in [-0.4, -0.2) is 36.1 Å². The zero-order valence-electron chi connectivity index (χ0n) is 12.9. The molecule has 0 aromatic heterocycles. The maximum absolute atomic E-state index is 9.27. The molecule has 1 N–H and O–H groups in total. The van der Waals surface area contributed by atoms with E-state index in [0.29, 0.717) is 6.04 Å². The Morgan fingerprint density at radius 2 is 1.83 bits per heavy atom. The van der Waals surface area contributed by atoms with Crippen molar-refractivity contribution in [3.8, 4) is 6.07 Å². The molecule has 0 aliphatic heterocycles. The number of hydrogen-bond donors (Lipinski definition) is 1. The number of hydrogen-bond acceptors (Lipinski definition) is 3. The molecule has 0 bridgehead atoms. The molecule has 1 atom stereocenters. The van der Waals surface area contributed by atoms with Gasteiger partial charge in [-0.15, -0.1) is 0 Å². The summed E-state index contributed by atoms with van der Waals surface area (Å²) in [5.74, 6) is 0. The van der Waals surface area contributed by atoms with E-state index >= 15 is 0 Å². The number of nitriles is 1. The van der Waals surface area contributed by atoms with Gasteiger partial charge in [0.25, 0.3) is 0 Å². The molecule has 0 aliphatic rings. The normalized spacial score (nSPS) is 14.8. The van der Waals surface area contributed by atoms with E-state index in [1.54, 1.807) is 0 Å². The Balaban J connectivity index is 4.02. The van der Waals surface area contributed by atoms with Crippen LogP contribution < -0.4 is 5.32 Å². The fourth-order valence-electron chi connectivity index (χ4n) is 2.26. The van der Waals surface area contributed by atoms with Crippen molar-refractivity contribution in [2.24, 2.45) is 0 Å². The van der Waals surface area contributed by atoms with Gasteiger partial charge in [-0.05, 0) is 59.7 Å². The maximum atomic E-state index is 9.27. The van der Waals surface area contributed by atoms with Crippen molar-refractivity contribution in [1.82, 2.24) is 10.2 Å². The van der Waals surface area contributed by atoms with E-state index in [1.807, 2.05) is 6.92 Å². The molecule has 106 valence electrons. The Kier molecular flexibility index (Phi) is 9.05. The lowest BCUT2D eigenvalue weighted by Gasteiger charge is -2.27. The predicted molar refractivity (Wildman–Crippen MR) is 78.5 cm³/mol. The van der Waals surface area contributed by atoms with Gasteiger partial charge in [0.05, 0.1) is 6.07 Å². The molecule has 0 radical (unpaired) electrons. The van der Waals surface area contributed by atoms with Crippen LogP contribution in [0.4, 0.5) is 0 Å². The number of rotatable bonds is 10. The van der Waals surface area contributed by atoms with Gasteiger partial charge >= 0.3 is 0 Å². The average molecular weight is 253 g/mol. The van der Waals surface area contributed by atoms with Crippen LogP contribution in [0.25, 0.3) is 0 Å². The van der Waals surface area contributed by atoms with Gasteiger partial charge in [-0.25, -0.2) is 0 Å². The molecule has 3 nitrogen and oxygen atoms in total. The lowest BCUT2D eigenvalue weighted by molar-refractivity contribution is 0.262. The van der Waals surface area contributed by atoms with E-state index in [0.717, 1.165) is 25.9 Å². The summed E-state index contributed by atoms with van der Waals surface area (Å²) in [6.07, 6.45) is 4.53. The van der Waals surface area contributed by atoms with Crippen LogP contribution in [-0.2, 0) is 0 Å². The van der Waals surface area contributed by atoms with Crippen LogP contribution in [0.1, 0.15) is 60.3 Å².